The van der Waals surface area contributed by atoms with Crippen molar-refractivity contribution in [3.63, 3.8) is 0 Å². The number of carbonyl (C=O) groups is 1. The molecule has 4 nitrogen and oxygen atoms in total. The van der Waals surface area contributed by atoms with E-state index in [1.54, 1.807) is 31.2 Å². The first-order chi connectivity index (χ1) is 11.0. The SMILES string of the molecule is Cc1c(F)cccc1NC(=O)C1CC(c2ccc(F)cc2)NN1. The van der Waals surface area contributed by atoms with Crippen LogP contribution in [0.4, 0.5) is 14.5 Å². The number of hydrogen-bond acceptors (Lipinski definition) is 3. The van der Waals surface area contributed by atoms with Crippen LogP contribution in [0.5, 0.6) is 0 Å². The maximum Gasteiger partial charge on any atom is 0.242 e. The molecule has 0 saturated carbocycles. The second kappa shape index (κ2) is 6.44. The summed E-state index contributed by atoms with van der Waals surface area (Å²) in [5, 5.41) is 2.73. The summed E-state index contributed by atoms with van der Waals surface area (Å²) in [7, 11) is 0. The molecule has 0 bridgehead atoms. The average molecular weight is 317 g/mol. The first-order valence-corrected chi connectivity index (χ1v) is 7.37. The fourth-order valence-corrected chi connectivity index (χ4v) is 2.60. The van der Waals surface area contributed by atoms with Crippen LogP contribution in [-0.4, -0.2) is 11.9 Å². The number of hydrogen-bond donors (Lipinski definition) is 3. The van der Waals surface area contributed by atoms with E-state index >= 15 is 0 Å². The molecular weight excluding hydrogens is 300 g/mol. The van der Waals surface area contributed by atoms with Gasteiger partial charge in [0.15, 0.2) is 0 Å². The third-order valence-corrected chi connectivity index (χ3v) is 4.02. The third kappa shape index (κ3) is 3.38. The van der Waals surface area contributed by atoms with Crippen LogP contribution in [0.25, 0.3) is 0 Å². The molecule has 1 fully saturated rings. The minimum atomic E-state index is -0.451. The van der Waals surface area contributed by atoms with Gasteiger partial charge in [0.05, 0.1) is 0 Å². The Labute approximate surface area is 132 Å². The molecule has 1 saturated heterocycles. The number of carbonyl (C=O) groups excluding carboxylic acids is 1. The number of rotatable bonds is 3. The summed E-state index contributed by atoms with van der Waals surface area (Å²) in [5.41, 5.74) is 7.72. The molecule has 0 aromatic heterocycles. The highest BCUT2D eigenvalue weighted by molar-refractivity contribution is 5.95. The lowest BCUT2D eigenvalue weighted by molar-refractivity contribution is -0.117. The van der Waals surface area contributed by atoms with Crippen molar-refractivity contribution in [1.29, 1.82) is 0 Å². The maximum atomic E-state index is 13.5. The van der Waals surface area contributed by atoms with Crippen LogP contribution in [0.15, 0.2) is 42.5 Å². The van der Waals surface area contributed by atoms with Crippen molar-refractivity contribution < 1.29 is 13.6 Å². The van der Waals surface area contributed by atoms with Gasteiger partial charge >= 0.3 is 0 Å². The highest BCUT2D eigenvalue weighted by Gasteiger charge is 2.30. The van der Waals surface area contributed by atoms with E-state index < -0.39 is 6.04 Å². The molecule has 3 rings (SSSR count). The zero-order valence-corrected chi connectivity index (χ0v) is 12.6. The lowest BCUT2D eigenvalue weighted by atomic mass is 10.0. The van der Waals surface area contributed by atoms with E-state index in [9.17, 15) is 13.6 Å². The van der Waals surface area contributed by atoms with Crippen LogP contribution in [0.1, 0.15) is 23.6 Å². The van der Waals surface area contributed by atoms with Gasteiger partial charge in [-0.3, -0.25) is 4.79 Å². The standard InChI is InChI=1S/C17H17F2N3O/c1-10-13(19)3-2-4-14(10)20-17(23)16-9-15(21-22-16)11-5-7-12(18)8-6-11/h2-8,15-16,21-22H,9H2,1H3,(H,20,23). The minimum absolute atomic E-state index is 0.0834. The summed E-state index contributed by atoms with van der Waals surface area (Å²) in [5.74, 6) is -0.893. The molecule has 1 amide bonds. The Hall–Kier alpha value is -2.31. The zero-order valence-electron chi connectivity index (χ0n) is 12.6. The van der Waals surface area contributed by atoms with Gasteiger partial charge in [0.2, 0.25) is 5.91 Å². The smallest absolute Gasteiger partial charge is 0.242 e. The number of benzene rings is 2. The van der Waals surface area contributed by atoms with E-state index in [0.29, 0.717) is 17.7 Å². The maximum absolute atomic E-state index is 13.5. The van der Waals surface area contributed by atoms with Crippen molar-refractivity contribution in [3.8, 4) is 0 Å². The molecule has 2 aromatic carbocycles. The van der Waals surface area contributed by atoms with Crippen LogP contribution in [-0.2, 0) is 4.79 Å². The van der Waals surface area contributed by atoms with E-state index in [0.717, 1.165) is 5.56 Å². The quantitative estimate of drug-likeness (QED) is 0.816. The topological polar surface area (TPSA) is 53.2 Å². The fourth-order valence-electron chi connectivity index (χ4n) is 2.60. The van der Waals surface area contributed by atoms with Gasteiger partial charge in [-0.1, -0.05) is 18.2 Å². The first kappa shape index (κ1) is 15.6. The van der Waals surface area contributed by atoms with Gasteiger partial charge in [0.25, 0.3) is 0 Å². The molecule has 2 aromatic rings. The van der Waals surface area contributed by atoms with E-state index in [2.05, 4.69) is 16.2 Å². The Morgan fingerprint density at radius 2 is 1.87 bits per heavy atom. The summed E-state index contributed by atoms with van der Waals surface area (Å²) < 4.78 is 26.5. The van der Waals surface area contributed by atoms with Crippen molar-refractivity contribution >= 4 is 11.6 Å². The molecule has 0 aliphatic carbocycles. The van der Waals surface area contributed by atoms with Gasteiger partial charge in [-0.05, 0) is 43.2 Å². The predicted octanol–water partition coefficient (Wildman–Crippen LogP) is 2.82. The number of anilines is 1. The summed E-state index contributed by atoms with van der Waals surface area (Å²) in [4.78, 5) is 12.3. The van der Waals surface area contributed by atoms with Gasteiger partial charge in [-0.25, -0.2) is 19.6 Å². The van der Waals surface area contributed by atoms with Crippen molar-refractivity contribution in [2.24, 2.45) is 0 Å². The molecule has 1 heterocycles. The number of hydrazine groups is 1. The van der Waals surface area contributed by atoms with E-state index in [1.165, 1.54) is 18.2 Å². The van der Waals surface area contributed by atoms with Gasteiger partial charge in [0, 0.05) is 17.3 Å². The Bertz CT molecular complexity index is 718. The molecule has 1 aliphatic rings. The number of halogens is 2. The van der Waals surface area contributed by atoms with Crippen LogP contribution in [0.2, 0.25) is 0 Å². The predicted molar refractivity (Wildman–Crippen MR) is 83.6 cm³/mol. The molecule has 2 unspecified atom stereocenters. The highest BCUT2D eigenvalue weighted by atomic mass is 19.1. The molecule has 0 spiro atoms. The molecule has 120 valence electrons. The van der Waals surface area contributed by atoms with Crippen LogP contribution in [0, 0.1) is 18.6 Å². The molecule has 1 aliphatic heterocycles. The van der Waals surface area contributed by atoms with Crippen LogP contribution >= 0.6 is 0 Å². The van der Waals surface area contributed by atoms with Crippen molar-refractivity contribution in [2.45, 2.75) is 25.4 Å². The molecule has 23 heavy (non-hydrogen) atoms. The second-order valence-electron chi connectivity index (χ2n) is 5.58. The van der Waals surface area contributed by atoms with Crippen LogP contribution < -0.4 is 16.2 Å². The van der Waals surface area contributed by atoms with E-state index in [1.807, 2.05) is 0 Å². The summed E-state index contributed by atoms with van der Waals surface area (Å²) in [6, 6.07) is 10.2. The summed E-state index contributed by atoms with van der Waals surface area (Å²) in [6.45, 7) is 1.62. The van der Waals surface area contributed by atoms with E-state index in [4.69, 9.17) is 0 Å². The Morgan fingerprint density at radius 3 is 2.61 bits per heavy atom. The summed E-state index contributed by atoms with van der Waals surface area (Å²) in [6.07, 6.45) is 0.520. The number of amides is 1. The molecule has 3 N–H and O–H groups in total. The van der Waals surface area contributed by atoms with Gasteiger partial charge < -0.3 is 5.32 Å². The molecule has 0 radical (unpaired) electrons. The largest absolute Gasteiger partial charge is 0.324 e. The highest BCUT2D eigenvalue weighted by Crippen LogP contribution is 2.24. The van der Waals surface area contributed by atoms with E-state index in [-0.39, 0.29) is 23.6 Å². The molecule has 6 heteroatoms. The van der Waals surface area contributed by atoms with Crippen LogP contribution in [0.3, 0.4) is 0 Å². The molecule has 2 atom stereocenters. The Balaban J connectivity index is 1.65. The number of nitrogens with one attached hydrogen (secondary N) is 3. The zero-order chi connectivity index (χ0) is 16.4. The minimum Gasteiger partial charge on any atom is -0.324 e. The monoisotopic (exact) mass is 317 g/mol. The molecular formula is C17H17F2N3O. The first-order valence-electron chi connectivity index (χ1n) is 7.37. The van der Waals surface area contributed by atoms with Gasteiger partial charge in [-0.2, -0.15) is 0 Å². The Morgan fingerprint density at radius 1 is 1.13 bits per heavy atom. The van der Waals surface area contributed by atoms with Gasteiger partial charge in [-0.15, -0.1) is 0 Å². The lowest BCUT2D eigenvalue weighted by Crippen LogP contribution is -2.39. The van der Waals surface area contributed by atoms with Gasteiger partial charge in [0.1, 0.15) is 17.7 Å². The lowest BCUT2D eigenvalue weighted by Gasteiger charge is -2.13. The second-order valence-corrected chi connectivity index (χ2v) is 5.58. The van der Waals surface area contributed by atoms with Crippen molar-refractivity contribution in [1.82, 2.24) is 10.9 Å². The van der Waals surface area contributed by atoms with Crippen molar-refractivity contribution in [3.05, 3.63) is 65.2 Å². The normalized spacial score (nSPS) is 20.5. The fraction of sp³-hybridized carbons (Fsp3) is 0.235. The average Bonchev–Trinajstić information content (AvgIpc) is 3.02. The Kier molecular flexibility index (Phi) is 4.36. The van der Waals surface area contributed by atoms with Crippen molar-refractivity contribution in [2.75, 3.05) is 5.32 Å². The summed E-state index contributed by atoms with van der Waals surface area (Å²) >= 11 is 0. The third-order valence-electron chi connectivity index (χ3n) is 4.02.